The van der Waals surface area contributed by atoms with E-state index in [0.29, 0.717) is 29.1 Å². The van der Waals surface area contributed by atoms with Crippen LogP contribution in [0.5, 0.6) is 17.2 Å². The third-order valence-electron chi connectivity index (χ3n) is 6.56. The lowest BCUT2D eigenvalue weighted by Gasteiger charge is -2.39. The van der Waals surface area contributed by atoms with Crippen LogP contribution in [0.3, 0.4) is 0 Å². The molecule has 1 aromatic heterocycles. The number of phenolic OH excluding ortho intramolecular Hbond substituents is 1. The normalized spacial score (nSPS) is 30.0. The molecule has 1 fully saturated rings. The predicted molar refractivity (Wildman–Crippen MR) is 122 cm³/mol. The Morgan fingerprint density at radius 3 is 2.49 bits per heavy atom. The number of phenols is 1. The van der Waals surface area contributed by atoms with Crippen LogP contribution in [0.15, 0.2) is 40.8 Å². The Morgan fingerprint density at radius 1 is 0.971 bits per heavy atom. The molecule has 0 amide bonds. The third kappa shape index (κ3) is 4.33. The van der Waals surface area contributed by atoms with Gasteiger partial charge in [-0.05, 0) is 43.7 Å². The number of fused-ring (bicyclic) bond motifs is 2. The number of hydrogen-bond acceptors (Lipinski definition) is 10. The van der Waals surface area contributed by atoms with E-state index in [1.165, 1.54) is 12.1 Å². The first-order valence-corrected chi connectivity index (χ1v) is 11.3. The van der Waals surface area contributed by atoms with Crippen LogP contribution in [-0.4, -0.2) is 79.7 Å². The van der Waals surface area contributed by atoms with Gasteiger partial charge in [0.1, 0.15) is 58.6 Å². The van der Waals surface area contributed by atoms with Crippen molar-refractivity contribution in [1.82, 2.24) is 0 Å². The number of rotatable bonds is 4. The molecule has 5 rings (SSSR count). The lowest BCUT2D eigenvalue weighted by molar-refractivity contribution is -0.277. The van der Waals surface area contributed by atoms with E-state index < -0.39 is 49.0 Å². The molecule has 0 radical (unpaired) electrons. The molecule has 35 heavy (non-hydrogen) atoms. The van der Waals surface area contributed by atoms with Gasteiger partial charge in [-0.2, -0.15) is 0 Å². The highest BCUT2D eigenvalue weighted by atomic mass is 16.7. The molecule has 2 aromatic carbocycles. The molecular weight excluding hydrogens is 460 g/mol. The molecule has 10 heteroatoms. The van der Waals surface area contributed by atoms with Gasteiger partial charge >= 0.3 is 0 Å². The fourth-order valence-electron chi connectivity index (χ4n) is 4.41. The number of aliphatic hydroxyl groups is 5. The Kier molecular flexibility index (Phi) is 5.91. The van der Waals surface area contributed by atoms with Gasteiger partial charge < -0.3 is 49.3 Å². The van der Waals surface area contributed by atoms with Crippen molar-refractivity contribution in [2.75, 3.05) is 6.61 Å². The Hall–Kier alpha value is -2.86. The van der Waals surface area contributed by atoms with E-state index in [4.69, 9.17) is 18.6 Å². The molecule has 6 atom stereocenters. The van der Waals surface area contributed by atoms with Gasteiger partial charge in [0.2, 0.25) is 6.29 Å². The lowest BCUT2D eigenvalue weighted by Crippen LogP contribution is -2.60. The number of furan rings is 1. The quantitative estimate of drug-likeness (QED) is 0.313. The summed E-state index contributed by atoms with van der Waals surface area (Å²) in [7, 11) is 0. The van der Waals surface area contributed by atoms with Crippen molar-refractivity contribution in [3.8, 4) is 28.6 Å². The Labute approximate surface area is 200 Å². The maximum atomic E-state index is 10.4. The number of aromatic hydroxyl groups is 1. The second-order valence-electron chi connectivity index (χ2n) is 9.56. The molecule has 0 bridgehead atoms. The van der Waals surface area contributed by atoms with Gasteiger partial charge in [-0.25, -0.2) is 0 Å². The molecule has 2 aliphatic heterocycles. The van der Waals surface area contributed by atoms with Crippen molar-refractivity contribution in [3.63, 3.8) is 0 Å². The van der Waals surface area contributed by atoms with Crippen LogP contribution in [0.2, 0.25) is 0 Å². The van der Waals surface area contributed by atoms with Crippen molar-refractivity contribution in [1.29, 1.82) is 0 Å². The lowest BCUT2D eigenvalue weighted by atomic mass is 9.90. The van der Waals surface area contributed by atoms with Gasteiger partial charge in [0.15, 0.2) is 0 Å². The van der Waals surface area contributed by atoms with Crippen molar-refractivity contribution in [2.24, 2.45) is 0 Å². The van der Waals surface area contributed by atoms with Crippen molar-refractivity contribution < 1.29 is 49.3 Å². The van der Waals surface area contributed by atoms with Gasteiger partial charge in [0.05, 0.1) is 12.7 Å². The summed E-state index contributed by atoms with van der Waals surface area (Å²) in [5.74, 6) is 1.03. The SMILES string of the molecule is CC1(C)Oc2cc3oc(-c4cc(O)cc(O[C@@H]5O[C@H](CO)[C@@H](O)[C@H](O)[C@H]5O)c4)cc3cc2C[C@H]1O. The second kappa shape index (κ2) is 8.66. The smallest absolute Gasteiger partial charge is 0.229 e. The maximum absolute atomic E-state index is 10.4. The Bertz CT molecular complexity index is 1230. The molecule has 0 aliphatic carbocycles. The summed E-state index contributed by atoms with van der Waals surface area (Å²) in [6.45, 7) is 3.06. The number of hydrogen-bond donors (Lipinski definition) is 6. The van der Waals surface area contributed by atoms with Gasteiger partial charge in [0.25, 0.3) is 0 Å². The van der Waals surface area contributed by atoms with E-state index in [1.54, 1.807) is 18.2 Å². The zero-order valence-corrected chi connectivity index (χ0v) is 19.2. The molecule has 0 unspecified atom stereocenters. The molecule has 10 nitrogen and oxygen atoms in total. The van der Waals surface area contributed by atoms with Crippen molar-refractivity contribution in [3.05, 3.63) is 42.0 Å². The predicted octanol–water partition coefficient (Wildman–Crippen LogP) is 1.06. The molecule has 0 saturated carbocycles. The zero-order valence-electron chi connectivity index (χ0n) is 19.2. The van der Waals surface area contributed by atoms with Crippen LogP contribution in [0.25, 0.3) is 22.3 Å². The minimum Gasteiger partial charge on any atom is -0.508 e. The summed E-state index contributed by atoms with van der Waals surface area (Å²) >= 11 is 0. The van der Waals surface area contributed by atoms with Gasteiger partial charge in [-0.3, -0.25) is 0 Å². The summed E-state index contributed by atoms with van der Waals surface area (Å²) in [6.07, 6.45) is -7.40. The van der Waals surface area contributed by atoms with Crippen LogP contribution >= 0.6 is 0 Å². The van der Waals surface area contributed by atoms with Crippen LogP contribution in [0, 0.1) is 0 Å². The fourth-order valence-corrected chi connectivity index (χ4v) is 4.41. The van der Waals surface area contributed by atoms with Crippen molar-refractivity contribution in [2.45, 2.75) is 62.7 Å². The van der Waals surface area contributed by atoms with E-state index in [2.05, 4.69) is 0 Å². The molecule has 3 heterocycles. The first kappa shape index (κ1) is 23.9. The maximum Gasteiger partial charge on any atom is 0.229 e. The topological polar surface area (TPSA) is 162 Å². The summed E-state index contributed by atoms with van der Waals surface area (Å²) in [5.41, 5.74) is 1.17. The number of aliphatic hydroxyl groups excluding tert-OH is 5. The number of benzene rings is 2. The Balaban J connectivity index is 1.44. The van der Waals surface area contributed by atoms with Crippen LogP contribution in [0.1, 0.15) is 19.4 Å². The van der Waals surface area contributed by atoms with Crippen LogP contribution < -0.4 is 9.47 Å². The molecular formula is C25H28O10. The monoisotopic (exact) mass is 488 g/mol. The van der Waals surface area contributed by atoms with Crippen molar-refractivity contribution >= 4 is 11.0 Å². The molecule has 2 aliphatic rings. The summed E-state index contributed by atoms with van der Waals surface area (Å²) in [6, 6.07) is 9.78. The Morgan fingerprint density at radius 2 is 1.74 bits per heavy atom. The minimum absolute atomic E-state index is 0.109. The van der Waals surface area contributed by atoms with E-state index in [9.17, 15) is 30.6 Å². The average Bonchev–Trinajstić information content (AvgIpc) is 3.21. The largest absolute Gasteiger partial charge is 0.508 e. The summed E-state index contributed by atoms with van der Waals surface area (Å²) in [5, 5.41) is 61.0. The standard InChI is InChI=1S/C25H28O10/c1-25(2)20(28)7-12-3-11-6-16(33-17(11)9-18(12)35-25)13-4-14(27)8-15(5-13)32-24-23(31)22(30)21(29)19(10-26)34-24/h3-6,8-9,19-24,26-31H,7,10H2,1-2H3/t19-,20-,21-,22+,23-,24-/m1/s1. The summed E-state index contributed by atoms with van der Waals surface area (Å²) < 4.78 is 23.0. The molecule has 0 spiro atoms. The van der Waals surface area contributed by atoms with Crippen LogP contribution in [-0.2, 0) is 11.2 Å². The van der Waals surface area contributed by atoms with Gasteiger partial charge in [-0.1, -0.05) is 0 Å². The first-order chi connectivity index (χ1) is 16.6. The van der Waals surface area contributed by atoms with Crippen LogP contribution in [0.4, 0.5) is 0 Å². The zero-order chi connectivity index (χ0) is 25.1. The molecule has 3 aromatic rings. The molecule has 188 valence electrons. The molecule has 6 N–H and O–H groups in total. The first-order valence-electron chi connectivity index (χ1n) is 11.3. The fraction of sp³-hybridized carbons (Fsp3) is 0.440. The van der Waals surface area contributed by atoms with E-state index in [0.717, 1.165) is 10.9 Å². The highest BCUT2D eigenvalue weighted by molar-refractivity contribution is 5.85. The number of ether oxygens (including phenoxy) is 3. The van der Waals surface area contributed by atoms with E-state index in [1.807, 2.05) is 19.9 Å². The minimum atomic E-state index is -1.59. The second-order valence-corrected chi connectivity index (χ2v) is 9.56. The average molecular weight is 488 g/mol. The third-order valence-corrected chi connectivity index (χ3v) is 6.56. The van der Waals surface area contributed by atoms with E-state index in [-0.39, 0.29) is 11.5 Å². The molecule has 1 saturated heterocycles. The van der Waals surface area contributed by atoms with E-state index >= 15 is 0 Å². The van der Waals surface area contributed by atoms with Gasteiger partial charge in [-0.15, -0.1) is 0 Å². The summed E-state index contributed by atoms with van der Waals surface area (Å²) in [4.78, 5) is 0. The van der Waals surface area contributed by atoms with Gasteiger partial charge in [0, 0.05) is 29.5 Å². The highest BCUT2D eigenvalue weighted by Gasteiger charge is 2.44. The highest BCUT2D eigenvalue weighted by Crippen LogP contribution is 2.40.